The molecule has 1 aromatic heterocycles. The van der Waals surface area contributed by atoms with Crippen LogP contribution in [-0.2, 0) is 0 Å². The van der Waals surface area contributed by atoms with Gasteiger partial charge in [0.15, 0.2) is 5.89 Å². The van der Waals surface area contributed by atoms with Crippen molar-refractivity contribution in [2.75, 3.05) is 0 Å². The van der Waals surface area contributed by atoms with Gasteiger partial charge in [0.2, 0.25) is 0 Å². The highest BCUT2D eigenvalue weighted by Gasteiger charge is 2.12. The van der Waals surface area contributed by atoms with Gasteiger partial charge in [-0.2, -0.15) is 0 Å². The third-order valence-corrected chi connectivity index (χ3v) is 3.34. The minimum absolute atomic E-state index is 0.337. The van der Waals surface area contributed by atoms with Crippen LogP contribution in [0.25, 0.3) is 10.9 Å². The summed E-state index contributed by atoms with van der Waals surface area (Å²) >= 11 is 3.39. The highest BCUT2D eigenvalue weighted by molar-refractivity contribution is 9.10. The molecule has 0 bridgehead atoms. The second-order valence-corrected chi connectivity index (χ2v) is 4.36. The van der Waals surface area contributed by atoms with Gasteiger partial charge in [-0.25, -0.2) is 9.78 Å². The minimum atomic E-state index is -0.337. The van der Waals surface area contributed by atoms with Crippen molar-refractivity contribution >= 4 is 26.8 Å². The number of aryl methyl sites for hydroxylation is 3. The molecular weight excluding hydrogens is 258 g/mol. The fraction of sp³-hybridized carbons (Fsp3) is 0.273. The smallest absolute Gasteiger partial charge is 0.347 e. The monoisotopic (exact) mass is 267 g/mol. The summed E-state index contributed by atoms with van der Waals surface area (Å²) in [5, 5.41) is 0.526. The molecule has 0 spiro atoms. The summed E-state index contributed by atoms with van der Waals surface area (Å²) in [7, 11) is 0. The van der Waals surface area contributed by atoms with Gasteiger partial charge in [0, 0.05) is 11.4 Å². The van der Waals surface area contributed by atoms with Crippen molar-refractivity contribution in [3.63, 3.8) is 0 Å². The van der Waals surface area contributed by atoms with Crippen LogP contribution in [-0.4, -0.2) is 4.98 Å². The molecule has 15 heavy (non-hydrogen) atoms. The van der Waals surface area contributed by atoms with E-state index >= 15 is 0 Å². The average molecular weight is 268 g/mol. The van der Waals surface area contributed by atoms with E-state index in [9.17, 15) is 4.79 Å². The van der Waals surface area contributed by atoms with Gasteiger partial charge in [-0.15, -0.1) is 0 Å². The fourth-order valence-electron chi connectivity index (χ4n) is 1.65. The van der Waals surface area contributed by atoms with Gasteiger partial charge < -0.3 is 4.42 Å². The van der Waals surface area contributed by atoms with E-state index in [1.807, 2.05) is 19.9 Å². The Balaban J connectivity index is 3.10. The molecule has 0 N–H and O–H groups in total. The van der Waals surface area contributed by atoms with Crippen molar-refractivity contribution in [1.29, 1.82) is 0 Å². The number of benzene rings is 1. The number of aromatic nitrogens is 1. The third-order valence-electron chi connectivity index (χ3n) is 2.32. The molecule has 78 valence electrons. The summed E-state index contributed by atoms with van der Waals surface area (Å²) < 4.78 is 5.75. The van der Waals surface area contributed by atoms with Gasteiger partial charge >= 0.3 is 5.63 Å². The van der Waals surface area contributed by atoms with Crippen LogP contribution in [0.5, 0.6) is 0 Å². The molecule has 1 aromatic carbocycles. The van der Waals surface area contributed by atoms with Crippen molar-refractivity contribution in [3.05, 3.63) is 38.0 Å². The molecule has 3 nitrogen and oxygen atoms in total. The first kappa shape index (κ1) is 10.4. The lowest BCUT2D eigenvalue weighted by Gasteiger charge is -2.06. The normalized spacial score (nSPS) is 10.9. The predicted octanol–water partition coefficient (Wildman–Crippen LogP) is 2.88. The first-order valence-electron chi connectivity index (χ1n) is 4.58. The maximum atomic E-state index is 11.7. The quantitative estimate of drug-likeness (QED) is 0.737. The van der Waals surface area contributed by atoms with E-state index in [0.29, 0.717) is 16.8 Å². The summed E-state index contributed by atoms with van der Waals surface area (Å²) in [6.45, 7) is 5.55. The zero-order chi connectivity index (χ0) is 11.2. The second kappa shape index (κ2) is 3.45. The number of halogens is 1. The van der Waals surface area contributed by atoms with E-state index in [-0.39, 0.29) is 5.63 Å². The molecule has 0 amide bonds. The minimum Gasteiger partial charge on any atom is -0.408 e. The van der Waals surface area contributed by atoms with Crippen LogP contribution in [0.2, 0.25) is 0 Å². The predicted molar refractivity (Wildman–Crippen MR) is 62.2 cm³/mol. The molecule has 0 fully saturated rings. The molecule has 1 heterocycles. The van der Waals surface area contributed by atoms with Crippen LogP contribution in [0.1, 0.15) is 17.0 Å². The Hall–Kier alpha value is -1.16. The molecule has 0 radical (unpaired) electrons. The van der Waals surface area contributed by atoms with E-state index < -0.39 is 0 Å². The Morgan fingerprint density at radius 2 is 1.93 bits per heavy atom. The van der Waals surface area contributed by atoms with Crippen molar-refractivity contribution in [2.24, 2.45) is 0 Å². The molecule has 2 aromatic rings. The van der Waals surface area contributed by atoms with Gasteiger partial charge in [-0.05, 0) is 40.9 Å². The van der Waals surface area contributed by atoms with Crippen molar-refractivity contribution < 1.29 is 4.42 Å². The molecule has 0 saturated heterocycles. The molecule has 2 rings (SSSR count). The third kappa shape index (κ3) is 1.59. The Morgan fingerprint density at radius 3 is 2.60 bits per heavy atom. The lowest BCUT2D eigenvalue weighted by molar-refractivity contribution is 0.466. The topological polar surface area (TPSA) is 43.1 Å². The SMILES string of the molecule is Cc1nc2c(C)cc(C)c(Br)c2c(=O)o1. The van der Waals surface area contributed by atoms with Gasteiger partial charge in [-0.1, -0.05) is 6.07 Å². The summed E-state index contributed by atoms with van der Waals surface area (Å²) in [5.41, 5.74) is 2.37. The van der Waals surface area contributed by atoms with E-state index in [0.717, 1.165) is 15.6 Å². The van der Waals surface area contributed by atoms with E-state index in [1.54, 1.807) is 6.92 Å². The zero-order valence-corrected chi connectivity index (χ0v) is 10.3. The van der Waals surface area contributed by atoms with E-state index in [1.165, 1.54) is 0 Å². The molecule has 0 aliphatic rings. The van der Waals surface area contributed by atoms with Crippen LogP contribution in [0.4, 0.5) is 0 Å². The lowest BCUT2D eigenvalue weighted by Crippen LogP contribution is -2.05. The number of hydrogen-bond acceptors (Lipinski definition) is 3. The van der Waals surface area contributed by atoms with Crippen LogP contribution in [0.15, 0.2) is 19.8 Å². The Labute approximate surface area is 95.3 Å². The molecule has 0 unspecified atom stereocenters. The van der Waals surface area contributed by atoms with Crippen LogP contribution >= 0.6 is 15.9 Å². The summed E-state index contributed by atoms with van der Waals surface area (Å²) in [6.07, 6.45) is 0. The van der Waals surface area contributed by atoms with Crippen molar-refractivity contribution in [3.8, 4) is 0 Å². The van der Waals surface area contributed by atoms with Crippen molar-refractivity contribution in [1.82, 2.24) is 4.98 Å². The summed E-state index contributed by atoms with van der Waals surface area (Å²) in [4.78, 5) is 15.9. The summed E-state index contributed by atoms with van der Waals surface area (Å²) in [5.74, 6) is 0.395. The van der Waals surface area contributed by atoms with E-state index in [2.05, 4.69) is 20.9 Å². The Morgan fingerprint density at radius 1 is 1.27 bits per heavy atom. The first-order valence-corrected chi connectivity index (χ1v) is 5.37. The van der Waals surface area contributed by atoms with E-state index in [4.69, 9.17) is 4.42 Å². The number of hydrogen-bond donors (Lipinski definition) is 0. The number of nitrogens with zero attached hydrogens (tertiary/aromatic N) is 1. The fourth-order valence-corrected chi connectivity index (χ4v) is 2.11. The van der Waals surface area contributed by atoms with Crippen LogP contribution in [0.3, 0.4) is 0 Å². The second-order valence-electron chi connectivity index (χ2n) is 3.57. The molecular formula is C11H10BrNO2. The average Bonchev–Trinajstić information content (AvgIpc) is 2.13. The molecule has 4 heteroatoms. The van der Waals surface area contributed by atoms with Crippen LogP contribution in [0, 0.1) is 20.8 Å². The maximum absolute atomic E-state index is 11.7. The molecule has 0 aliphatic carbocycles. The lowest BCUT2D eigenvalue weighted by atomic mass is 10.1. The van der Waals surface area contributed by atoms with Crippen LogP contribution < -0.4 is 5.63 Å². The molecule has 0 atom stereocenters. The van der Waals surface area contributed by atoms with Crippen molar-refractivity contribution in [2.45, 2.75) is 20.8 Å². The highest BCUT2D eigenvalue weighted by Crippen LogP contribution is 2.26. The van der Waals surface area contributed by atoms with Gasteiger partial charge in [0.25, 0.3) is 0 Å². The first-order chi connectivity index (χ1) is 7.00. The standard InChI is InChI=1S/C11H10BrNO2/c1-5-4-6(2)10-8(9(5)12)11(14)15-7(3)13-10/h4H,1-3H3. The molecule has 0 aliphatic heterocycles. The Bertz CT molecular complexity index is 602. The largest absolute Gasteiger partial charge is 0.408 e. The van der Waals surface area contributed by atoms with Gasteiger partial charge in [-0.3, -0.25) is 0 Å². The number of rotatable bonds is 0. The highest BCUT2D eigenvalue weighted by atomic mass is 79.9. The maximum Gasteiger partial charge on any atom is 0.347 e. The van der Waals surface area contributed by atoms with Gasteiger partial charge in [0.05, 0.1) is 5.52 Å². The number of fused-ring (bicyclic) bond motifs is 1. The zero-order valence-electron chi connectivity index (χ0n) is 8.72. The molecule has 0 saturated carbocycles. The Kier molecular flexibility index (Phi) is 2.38. The van der Waals surface area contributed by atoms with Gasteiger partial charge in [0.1, 0.15) is 5.39 Å². The summed E-state index contributed by atoms with van der Waals surface area (Å²) in [6, 6.07) is 2.00.